The van der Waals surface area contributed by atoms with Gasteiger partial charge in [-0.1, -0.05) is 11.3 Å². The number of hydrogen-bond donors (Lipinski definition) is 2. The van der Waals surface area contributed by atoms with Crippen LogP contribution in [0.2, 0.25) is 0 Å². The Hall–Kier alpha value is -2.09. The first kappa shape index (κ1) is 10.4. The highest BCUT2D eigenvalue weighted by Gasteiger charge is 2.19. The fraction of sp³-hybridized carbons (Fsp3) is 0.125. The van der Waals surface area contributed by atoms with Crippen molar-refractivity contribution >= 4 is 34.3 Å². The lowest BCUT2D eigenvalue weighted by Crippen LogP contribution is -2.09. The summed E-state index contributed by atoms with van der Waals surface area (Å²) in [6.07, 6.45) is 2.90. The van der Waals surface area contributed by atoms with Gasteiger partial charge < -0.3 is 15.3 Å². The Kier molecular flexibility index (Phi) is 2.49. The standard InChI is InChI=1S/C8H8N4O3S/c1-12(7-10-2-3-15-7)8-11-5(9)4(16-8)6(13)14/h2-3H,9H2,1H3,(H,13,14). The van der Waals surface area contributed by atoms with Crippen LogP contribution < -0.4 is 10.6 Å². The summed E-state index contributed by atoms with van der Waals surface area (Å²) in [5, 5.41) is 9.24. The number of nitrogens with zero attached hydrogens (tertiary/aromatic N) is 3. The molecule has 2 aromatic heterocycles. The number of anilines is 3. The molecule has 7 nitrogen and oxygen atoms in total. The van der Waals surface area contributed by atoms with Crippen LogP contribution >= 0.6 is 11.3 Å². The van der Waals surface area contributed by atoms with Gasteiger partial charge in [0.05, 0.1) is 6.20 Å². The minimum atomic E-state index is -1.10. The van der Waals surface area contributed by atoms with Gasteiger partial charge in [0.2, 0.25) is 0 Å². The molecular weight excluding hydrogens is 232 g/mol. The van der Waals surface area contributed by atoms with E-state index >= 15 is 0 Å². The van der Waals surface area contributed by atoms with Crippen molar-refractivity contribution in [1.82, 2.24) is 9.97 Å². The van der Waals surface area contributed by atoms with E-state index in [2.05, 4.69) is 9.97 Å². The summed E-state index contributed by atoms with van der Waals surface area (Å²) in [6.45, 7) is 0. The van der Waals surface area contributed by atoms with Gasteiger partial charge in [-0.15, -0.1) is 0 Å². The third kappa shape index (κ3) is 1.70. The highest BCUT2D eigenvalue weighted by atomic mass is 32.1. The van der Waals surface area contributed by atoms with Crippen LogP contribution in [-0.4, -0.2) is 28.1 Å². The van der Waals surface area contributed by atoms with Gasteiger partial charge in [-0.2, -0.15) is 0 Å². The minimum absolute atomic E-state index is 0.00778. The predicted octanol–water partition coefficient (Wildman–Crippen LogP) is 1.18. The average Bonchev–Trinajstić information content (AvgIpc) is 2.84. The largest absolute Gasteiger partial charge is 0.477 e. The molecule has 0 aromatic carbocycles. The number of rotatable bonds is 3. The average molecular weight is 240 g/mol. The molecule has 0 atom stereocenters. The number of carbonyl (C=O) groups is 1. The Balaban J connectivity index is 2.35. The molecule has 0 aliphatic rings. The molecule has 0 unspecified atom stereocenters. The van der Waals surface area contributed by atoms with Gasteiger partial charge in [-0.25, -0.2) is 14.8 Å². The van der Waals surface area contributed by atoms with Crippen molar-refractivity contribution in [3.8, 4) is 0 Å². The number of nitrogen functional groups attached to an aromatic ring is 1. The normalized spacial score (nSPS) is 10.3. The van der Waals surface area contributed by atoms with Crippen molar-refractivity contribution in [2.45, 2.75) is 0 Å². The molecule has 2 aromatic rings. The molecule has 0 aliphatic carbocycles. The van der Waals surface area contributed by atoms with E-state index in [1.165, 1.54) is 17.4 Å². The van der Waals surface area contributed by atoms with Crippen LogP contribution in [-0.2, 0) is 0 Å². The van der Waals surface area contributed by atoms with Crippen LogP contribution in [0.15, 0.2) is 16.9 Å². The maximum Gasteiger partial charge on any atom is 0.349 e. The van der Waals surface area contributed by atoms with Gasteiger partial charge in [0, 0.05) is 7.05 Å². The summed E-state index contributed by atoms with van der Waals surface area (Å²) in [5.74, 6) is -1.10. The maximum atomic E-state index is 10.8. The Morgan fingerprint density at radius 1 is 1.69 bits per heavy atom. The predicted molar refractivity (Wildman–Crippen MR) is 58.1 cm³/mol. The molecule has 2 rings (SSSR count). The molecule has 0 saturated carbocycles. The summed E-state index contributed by atoms with van der Waals surface area (Å²) in [5.41, 5.74) is 5.47. The highest BCUT2D eigenvalue weighted by molar-refractivity contribution is 7.18. The van der Waals surface area contributed by atoms with Crippen molar-refractivity contribution in [3.05, 3.63) is 17.3 Å². The maximum absolute atomic E-state index is 10.8. The Morgan fingerprint density at radius 3 is 2.94 bits per heavy atom. The molecule has 3 N–H and O–H groups in total. The van der Waals surface area contributed by atoms with E-state index in [4.69, 9.17) is 15.3 Å². The highest BCUT2D eigenvalue weighted by Crippen LogP contribution is 2.30. The third-order valence-electron chi connectivity index (χ3n) is 1.83. The molecule has 0 spiro atoms. The molecule has 16 heavy (non-hydrogen) atoms. The van der Waals surface area contributed by atoms with Crippen LogP contribution in [0.25, 0.3) is 0 Å². The number of aromatic carboxylic acids is 1. The van der Waals surface area contributed by atoms with Crippen molar-refractivity contribution in [3.63, 3.8) is 0 Å². The zero-order valence-corrected chi connectivity index (χ0v) is 9.06. The molecule has 0 aliphatic heterocycles. The summed E-state index contributed by atoms with van der Waals surface area (Å²) >= 11 is 0.964. The summed E-state index contributed by atoms with van der Waals surface area (Å²) in [6, 6.07) is 0.325. The van der Waals surface area contributed by atoms with Crippen molar-refractivity contribution in [1.29, 1.82) is 0 Å². The lowest BCUT2D eigenvalue weighted by molar-refractivity contribution is 0.0703. The van der Waals surface area contributed by atoms with Gasteiger partial charge in [-0.3, -0.25) is 4.90 Å². The number of oxazole rings is 1. The summed E-state index contributed by atoms with van der Waals surface area (Å²) < 4.78 is 5.05. The Morgan fingerprint density at radius 2 is 2.44 bits per heavy atom. The second kappa shape index (κ2) is 3.81. The fourth-order valence-corrected chi connectivity index (χ4v) is 1.86. The molecule has 0 bridgehead atoms. The van der Waals surface area contributed by atoms with E-state index in [0.29, 0.717) is 11.1 Å². The molecule has 84 valence electrons. The second-order valence-corrected chi connectivity index (χ2v) is 3.87. The van der Waals surface area contributed by atoms with Gasteiger partial charge in [-0.05, 0) is 0 Å². The molecule has 0 amide bonds. The topological polar surface area (TPSA) is 105 Å². The first-order valence-electron chi connectivity index (χ1n) is 4.22. The van der Waals surface area contributed by atoms with Gasteiger partial charge >= 0.3 is 12.0 Å². The van der Waals surface area contributed by atoms with Crippen LogP contribution in [0, 0.1) is 0 Å². The number of aromatic nitrogens is 2. The smallest absolute Gasteiger partial charge is 0.349 e. The molecule has 0 saturated heterocycles. The van der Waals surface area contributed by atoms with E-state index in [9.17, 15) is 4.79 Å². The lowest BCUT2D eigenvalue weighted by Gasteiger charge is -2.08. The van der Waals surface area contributed by atoms with Crippen LogP contribution in [0.4, 0.5) is 17.0 Å². The number of carboxylic acids is 1. The van der Waals surface area contributed by atoms with Gasteiger partial charge in [0.15, 0.2) is 15.8 Å². The van der Waals surface area contributed by atoms with Crippen molar-refractivity contribution in [2.24, 2.45) is 0 Å². The number of hydrogen-bond acceptors (Lipinski definition) is 7. The van der Waals surface area contributed by atoms with Crippen molar-refractivity contribution < 1.29 is 14.3 Å². The quantitative estimate of drug-likeness (QED) is 0.829. The monoisotopic (exact) mass is 240 g/mol. The first-order valence-corrected chi connectivity index (χ1v) is 5.04. The van der Waals surface area contributed by atoms with E-state index in [1.54, 1.807) is 7.05 Å². The number of carboxylic acid groups (broad SMARTS) is 1. The zero-order valence-electron chi connectivity index (χ0n) is 8.25. The van der Waals surface area contributed by atoms with Crippen LogP contribution in [0.1, 0.15) is 9.67 Å². The number of nitrogens with two attached hydrogens (primary N) is 1. The summed E-state index contributed by atoms with van der Waals surface area (Å²) in [4.78, 5) is 20.1. The van der Waals surface area contributed by atoms with Gasteiger partial charge in [0.25, 0.3) is 0 Å². The van der Waals surface area contributed by atoms with Crippen LogP contribution in [0.5, 0.6) is 0 Å². The van der Waals surface area contributed by atoms with E-state index in [1.807, 2.05) is 0 Å². The second-order valence-electron chi connectivity index (χ2n) is 2.89. The SMILES string of the molecule is CN(c1ncco1)c1nc(N)c(C(=O)O)s1. The Labute approximate surface area is 94.1 Å². The summed E-state index contributed by atoms with van der Waals surface area (Å²) in [7, 11) is 1.66. The van der Waals surface area contributed by atoms with Gasteiger partial charge in [0.1, 0.15) is 6.26 Å². The molecule has 0 fully saturated rings. The van der Waals surface area contributed by atoms with E-state index in [-0.39, 0.29) is 10.7 Å². The fourth-order valence-electron chi connectivity index (χ4n) is 1.08. The zero-order chi connectivity index (χ0) is 11.7. The van der Waals surface area contributed by atoms with E-state index < -0.39 is 5.97 Å². The molecule has 2 heterocycles. The molecule has 0 radical (unpaired) electrons. The number of thiazole rings is 1. The molecular formula is C8H8N4O3S. The lowest BCUT2D eigenvalue weighted by atomic mass is 10.5. The third-order valence-corrected chi connectivity index (χ3v) is 2.97. The molecule has 8 heteroatoms. The van der Waals surface area contributed by atoms with Crippen LogP contribution in [0.3, 0.4) is 0 Å². The minimum Gasteiger partial charge on any atom is -0.477 e. The van der Waals surface area contributed by atoms with E-state index in [0.717, 1.165) is 11.3 Å². The Bertz CT molecular complexity index is 507. The first-order chi connectivity index (χ1) is 7.59. The van der Waals surface area contributed by atoms with Crippen molar-refractivity contribution in [2.75, 3.05) is 17.7 Å².